The molecule has 154 valence electrons. The van der Waals surface area contributed by atoms with E-state index in [0.717, 1.165) is 11.1 Å². The van der Waals surface area contributed by atoms with Crippen LogP contribution in [0.1, 0.15) is 21.5 Å². The maximum absolute atomic E-state index is 12.2. The second-order valence-corrected chi connectivity index (χ2v) is 6.65. The van der Waals surface area contributed by atoms with Gasteiger partial charge < -0.3 is 25.8 Å². The average Bonchev–Trinajstić information content (AvgIpc) is 2.69. The Hall–Kier alpha value is -3.26. The lowest BCUT2D eigenvalue weighted by Crippen LogP contribution is -2.35. The summed E-state index contributed by atoms with van der Waals surface area (Å²) in [5, 5.41) is 5.30. The van der Waals surface area contributed by atoms with Crippen molar-refractivity contribution in [2.75, 3.05) is 31.3 Å². The predicted octanol–water partition coefficient (Wildman–Crippen LogP) is 2.46. The predicted molar refractivity (Wildman–Crippen MR) is 110 cm³/mol. The Kier molecular flexibility index (Phi) is 7.44. The minimum Gasteiger partial charge on any atom is -0.496 e. The fourth-order valence-electron chi connectivity index (χ4n) is 2.53. The summed E-state index contributed by atoms with van der Waals surface area (Å²) >= 11 is 5.91. The first-order valence-electron chi connectivity index (χ1n) is 8.65. The lowest BCUT2D eigenvalue weighted by molar-refractivity contribution is -0.126. The molecule has 0 aliphatic rings. The van der Waals surface area contributed by atoms with Gasteiger partial charge in [0.25, 0.3) is 5.91 Å². The Bertz CT molecular complexity index is 926. The van der Waals surface area contributed by atoms with Crippen molar-refractivity contribution < 1.29 is 23.9 Å². The highest BCUT2D eigenvalue weighted by Gasteiger charge is 2.18. The Morgan fingerprint density at radius 3 is 2.38 bits per heavy atom. The van der Waals surface area contributed by atoms with Gasteiger partial charge >= 0.3 is 5.97 Å². The first-order valence-corrected chi connectivity index (χ1v) is 9.03. The number of aryl methyl sites for hydroxylation is 2. The van der Waals surface area contributed by atoms with Crippen LogP contribution in [0.15, 0.2) is 30.3 Å². The van der Waals surface area contributed by atoms with Gasteiger partial charge in [-0.2, -0.15) is 0 Å². The molecule has 2 aromatic rings. The van der Waals surface area contributed by atoms with Crippen molar-refractivity contribution in [2.45, 2.75) is 13.8 Å². The van der Waals surface area contributed by atoms with Gasteiger partial charge in [-0.05, 0) is 31.0 Å². The molecule has 0 bridgehead atoms. The molecule has 0 saturated heterocycles. The van der Waals surface area contributed by atoms with Crippen molar-refractivity contribution in [3.8, 4) is 5.75 Å². The molecule has 2 rings (SSSR count). The van der Waals surface area contributed by atoms with Gasteiger partial charge in [0.05, 0.1) is 24.4 Å². The number of carbonyl (C=O) groups excluding carboxylic acids is 3. The molecule has 0 radical (unpaired) electrons. The average molecular weight is 420 g/mol. The minimum absolute atomic E-state index is 0.0345. The van der Waals surface area contributed by atoms with E-state index in [-0.39, 0.29) is 28.6 Å². The number of nitrogen functional groups attached to an aromatic ring is 1. The van der Waals surface area contributed by atoms with Crippen molar-refractivity contribution in [2.24, 2.45) is 0 Å². The van der Waals surface area contributed by atoms with Crippen LogP contribution in [0.5, 0.6) is 5.75 Å². The van der Waals surface area contributed by atoms with Crippen LogP contribution in [-0.4, -0.2) is 38.0 Å². The van der Waals surface area contributed by atoms with Gasteiger partial charge in [-0.15, -0.1) is 0 Å². The van der Waals surface area contributed by atoms with E-state index < -0.39 is 24.4 Å². The lowest BCUT2D eigenvalue weighted by atomic mass is 10.1. The zero-order valence-electron chi connectivity index (χ0n) is 16.3. The highest BCUT2D eigenvalue weighted by molar-refractivity contribution is 6.33. The fourth-order valence-corrected chi connectivity index (χ4v) is 2.70. The van der Waals surface area contributed by atoms with E-state index in [1.165, 1.54) is 19.2 Å². The molecule has 0 fully saturated rings. The van der Waals surface area contributed by atoms with Crippen molar-refractivity contribution >= 4 is 40.8 Å². The minimum atomic E-state index is -0.807. The molecule has 0 atom stereocenters. The molecule has 2 aromatic carbocycles. The van der Waals surface area contributed by atoms with E-state index in [0.29, 0.717) is 5.69 Å². The van der Waals surface area contributed by atoms with Crippen LogP contribution in [0.3, 0.4) is 0 Å². The first-order chi connectivity index (χ1) is 13.7. The second-order valence-electron chi connectivity index (χ2n) is 6.24. The van der Waals surface area contributed by atoms with Gasteiger partial charge in [0.15, 0.2) is 6.61 Å². The van der Waals surface area contributed by atoms with Crippen LogP contribution in [0.4, 0.5) is 11.4 Å². The Balaban J connectivity index is 1.86. The lowest BCUT2D eigenvalue weighted by Gasteiger charge is -2.12. The topological polar surface area (TPSA) is 120 Å². The number of para-hydroxylation sites is 1. The number of amides is 2. The van der Waals surface area contributed by atoms with Crippen LogP contribution in [0.25, 0.3) is 0 Å². The normalized spacial score (nSPS) is 10.2. The third-order valence-electron chi connectivity index (χ3n) is 4.06. The number of hydrogen-bond donors (Lipinski definition) is 3. The Labute approximate surface area is 173 Å². The number of anilines is 2. The number of nitrogens with one attached hydrogen (secondary N) is 2. The van der Waals surface area contributed by atoms with Gasteiger partial charge in [0, 0.05) is 11.8 Å². The second kappa shape index (κ2) is 9.79. The van der Waals surface area contributed by atoms with E-state index in [1.807, 2.05) is 32.0 Å². The quantitative estimate of drug-likeness (QED) is 0.468. The summed E-state index contributed by atoms with van der Waals surface area (Å²) in [5.41, 5.74) is 8.46. The standard InChI is InChI=1S/C20H22ClN3O5/c1-11-5-4-6-12(2)19(11)24-17(25)9-23-18(26)10-29-20(27)13-7-14(21)15(22)8-16(13)28-3/h4-8H,9-10,22H2,1-3H3,(H,23,26)(H,24,25). The number of benzene rings is 2. The summed E-state index contributed by atoms with van der Waals surface area (Å²) in [6.45, 7) is 2.92. The van der Waals surface area contributed by atoms with Crippen molar-refractivity contribution in [3.63, 3.8) is 0 Å². The molecule has 9 heteroatoms. The number of esters is 1. The molecule has 0 heterocycles. The summed E-state index contributed by atoms with van der Waals surface area (Å²) in [6, 6.07) is 8.32. The van der Waals surface area contributed by atoms with Crippen LogP contribution >= 0.6 is 11.6 Å². The van der Waals surface area contributed by atoms with Crippen LogP contribution in [0.2, 0.25) is 5.02 Å². The highest BCUT2D eigenvalue weighted by Crippen LogP contribution is 2.29. The Morgan fingerprint density at radius 1 is 1.10 bits per heavy atom. The highest BCUT2D eigenvalue weighted by atomic mass is 35.5. The maximum atomic E-state index is 12.2. The van der Waals surface area contributed by atoms with Gasteiger partial charge in [0.2, 0.25) is 5.91 Å². The number of hydrogen-bond acceptors (Lipinski definition) is 6. The van der Waals surface area contributed by atoms with E-state index in [2.05, 4.69) is 10.6 Å². The third-order valence-corrected chi connectivity index (χ3v) is 4.39. The summed E-state index contributed by atoms with van der Waals surface area (Å²) in [7, 11) is 1.36. The fraction of sp³-hybridized carbons (Fsp3) is 0.250. The van der Waals surface area contributed by atoms with E-state index in [9.17, 15) is 14.4 Å². The number of halogens is 1. The Morgan fingerprint density at radius 2 is 1.76 bits per heavy atom. The summed E-state index contributed by atoms with van der Waals surface area (Å²) in [5.74, 6) is -1.66. The first kappa shape index (κ1) is 22.0. The summed E-state index contributed by atoms with van der Waals surface area (Å²) in [6.07, 6.45) is 0. The number of carbonyl (C=O) groups is 3. The molecule has 0 aliphatic carbocycles. The zero-order chi connectivity index (χ0) is 21.6. The maximum Gasteiger partial charge on any atom is 0.342 e. The third kappa shape index (κ3) is 5.86. The molecule has 2 amide bonds. The monoisotopic (exact) mass is 419 g/mol. The summed E-state index contributed by atoms with van der Waals surface area (Å²) < 4.78 is 10.0. The zero-order valence-corrected chi connectivity index (χ0v) is 17.1. The number of nitrogens with two attached hydrogens (primary N) is 1. The molecule has 0 aliphatic heterocycles. The van der Waals surface area contributed by atoms with Crippen molar-refractivity contribution in [3.05, 3.63) is 52.0 Å². The SMILES string of the molecule is COc1cc(N)c(Cl)cc1C(=O)OCC(=O)NCC(=O)Nc1c(C)cccc1C. The van der Waals surface area contributed by atoms with Crippen molar-refractivity contribution in [1.29, 1.82) is 0 Å². The molecule has 4 N–H and O–H groups in total. The summed E-state index contributed by atoms with van der Waals surface area (Å²) in [4.78, 5) is 36.1. The smallest absolute Gasteiger partial charge is 0.342 e. The van der Waals surface area contributed by atoms with E-state index >= 15 is 0 Å². The van der Waals surface area contributed by atoms with Gasteiger partial charge in [-0.3, -0.25) is 9.59 Å². The van der Waals surface area contributed by atoms with Gasteiger partial charge in [0.1, 0.15) is 11.3 Å². The largest absolute Gasteiger partial charge is 0.496 e. The molecule has 0 spiro atoms. The number of methoxy groups -OCH3 is 1. The molecule has 0 saturated carbocycles. The molecule has 0 aromatic heterocycles. The molecular formula is C20H22ClN3O5. The van der Waals surface area contributed by atoms with Crippen LogP contribution in [-0.2, 0) is 14.3 Å². The number of rotatable bonds is 7. The van der Waals surface area contributed by atoms with Crippen molar-refractivity contribution in [1.82, 2.24) is 5.32 Å². The molecule has 29 heavy (non-hydrogen) atoms. The molecule has 0 unspecified atom stereocenters. The van der Waals surface area contributed by atoms with Gasteiger partial charge in [-0.25, -0.2) is 4.79 Å². The molecule has 8 nitrogen and oxygen atoms in total. The number of ether oxygens (including phenoxy) is 2. The van der Waals surface area contributed by atoms with Gasteiger partial charge in [-0.1, -0.05) is 29.8 Å². The van der Waals surface area contributed by atoms with E-state index in [4.69, 9.17) is 26.8 Å². The van der Waals surface area contributed by atoms with Crippen LogP contribution in [0, 0.1) is 13.8 Å². The molecular weight excluding hydrogens is 398 g/mol. The van der Waals surface area contributed by atoms with E-state index in [1.54, 1.807) is 0 Å². The van der Waals surface area contributed by atoms with Crippen LogP contribution < -0.4 is 21.1 Å².